The Balaban J connectivity index is 1.87. The summed E-state index contributed by atoms with van der Waals surface area (Å²) in [5, 5.41) is 13.2. The maximum Gasteiger partial charge on any atom is 0.291 e. The van der Waals surface area contributed by atoms with Gasteiger partial charge in [-0.05, 0) is 38.1 Å². The number of carbonyl (C=O) groups excluding carboxylic acids is 1. The van der Waals surface area contributed by atoms with Gasteiger partial charge >= 0.3 is 0 Å². The minimum atomic E-state index is -0.322. The highest BCUT2D eigenvalue weighted by molar-refractivity contribution is 6.06. The Morgan fingerprint density at radius 3 is 2.75 bits per heavy atom. The van der Waals surface area contributed by atoms with Crippen molar-refractivity contribution in [3.8, 4) is 5.75 Å². The van der Waals surface area contributed by atoms with E-state index in [1.165, 1.54) is 0 Å². The van der Waals surface area contributed by atoms with E-state index in [1.54, 1.807) is 18.2 Å². The van der Waals surface area contributed by atoms with Gasteiger partial charge in [-0.3, -0.25) is 4.79 Å². The number of anilines is 1. The van der Waals surface area contributed by atoms with E-state index in [9.17, 15) is 9.90 Å². The zero-order valence-electron chi connectivity index (χ0n) is 13.6. The molecule has 0 atom stereocenters. The largest absolute Gasteiger partial charge is 0.494 e. The van der Waals surface area contributed by atoms with Gasteiger partial charge in [-0.1, -0.05) is 18.2 Å². The molecule has 5 nitrogen and oxygen atoms in total. The lowest BCUT2D eigenvalue weighted by atomic mass is 10.1. The Kier molecular flexibility index (Phi) is 4.53. The second-order valence-electron chi connectivity index (χ2n) is 5.42. The number of carbonyl (C=O) groups is 1. The molecule has 0 spiro atoms. The van der Waals surface area contributed by atoms with Gasteiger partial charge in [0.1, 0.15) is 11.3 Å². The van der Waals surface area contributed by atoms with E-state index in [4.69, 9.17) is 9.15 Å². The monoisotopic (exact) mass is 325 g/mol. The molecule has 24 heavy (non-hydrogen) atoms. The lowest BCUT2D eigenvalue weighted by Crippen LogP contribution is -2.12. The SMILES string of the molecule is CCOc1ccc(NC(=O)c2oc3ccccc3c2C)cc1CO. The van der Waals surface area contributed by atoms with E-state index >= 15 is 0 Å². The number of benzene rings is 2. The number of furan rings is 1. The van der Waals surface area contributed by atoms with E-state index in [-0.39, 0.29) is 18.3 Å². The predicted molar refractivity (Wildman–Crippen MR) is 92.4 cm³/mol. The van der Waals surface area contributed by atoms with Gasteiger partial charge in [-0.25, -0.2) is 0 Å². The maximum atomic E-state index is 12.5. The van der Waals surface area contributed by atoms with Crippen LogP contribution in [0.4, 0.5) is 5.69 Å². The average molecular weight is 325 g/mol. The van der Waals surface area contributed by atoms with Crippen molar-refractivity contribution < 1.29 is 19.1 Å². The van der Waals surface area contributed by atoms with Gasteiger partial charge in [0.25, 0.3) is 5.91 Å². The molecule has 2 aromatic carbocycles. The van der Waals surface area contributed by atoms with Gasteiger partial charge in [-0.15, -0.1) is 0 Å². The number of aliphatic hydroxyl groups excluding tert-OH is 1. The molecule has 1 heterocycles. The maximum absolute atomic E-state index is 12.5. The third kappa shape index (κ3) is 2.98. The summed E-state index contributed by atoms with van der Waals surface area (Å²) in [5.41, 5.74) is 2.68. The fourth-order valence-electron chi connectivity index (χ4n) is 2.66. The first-order valence-corrected chi connectivity index (χ1v) is 7.80. The van der Waals surface area contributed by atoms with Crippen molar-refractivity contribution in [2.75, 3.05) is 11.9 Å². The number of para-hydroxylation sites is 1. The van der Waals surface area contributed by atoms with Crippen LogP contribution in [-0.4, -0.2) is 17.6 Å². The van der Waals surface area contributed by atoms with Crippen molar-refractivity contribution in [2.45, 2.75) is 20.5 Å². The molecule has 0 unspecified atom stereocenters. The molecular formula is C19H19NO4. The van der Waals surface area contributed by atoms with Crippen molar-refractivity contribution in [1.29, 1.82) is 0 Å². The summed E-state index contributed by atoms with van der Waals surface area (Å²) < 4.78 is 11.1. The molecule has 5 heteroatoms. The van der Waals surface area contributed by atoms with Crippen molar-refractivity contribution in [2.24, 2.45) is 0 Å². The number of ether oxygens (including phenoxy) is 1. The van der Waals surface area contributed by atoms with Gasteiger partial charge in [0, 0.05) is 22.2 Å². The van der Waals surface area contributed by atoms with Crippen molar-refractivity contribution in [1.82, 2.24) is 0 Å². The molecule has 0 saturated heterocycles. The minimum absolute atomic E-state index is 0.164. The number of aryl methyl sites for hydroxylation is 1. The third-order valence-electron chi connectivity index (χ3n) is 3.84. The number of aliphatic hydroxyl groups is 1. The minimum Gasteiger partial charge on any atom is -0.494 e. The van der Waals surface area contributed by atoms with Gasteiger partial charge in [0.2, 0.25) is 0 Å². The van der Waals surface area contributed by atoms with E-state index in [1.807, 2.05) is 38.1 Å². The Morgan fingerprint density at radius 2 is 2.04 bits per heavy atom. The fourth-order valence-corrected chi connectivity index (χ4v) is 2.66. The lowest BCUT2D eigenvalue weighted by molar-refractivity contribution is 0.0998. The summed E-state index contributed by atoms with van der Waals surface area (Å²) in [6, 6.07) is 12.7. The van der Waals surface area contributed by atoms with Gasteiger partial charge < -0.3 is 19.6 Å². The van der Waals surface area contributed by atoms with Crippen LogP contribution in [-0.2, 0) is 6.61 Å². The van der Waals surface area contributed by atoms with E-state index < -0.39 is 0 Å². The third-order valence-corrected chi connectivity index (χ3v) is 3.84. The number of rotatable bonds is 5. The Bertz CT molecular complexity index is 882. The van der Waals surface area contributed by atoms with Crippen LogP contribution in [0.25, 0.3) is 11.0 Å². The summed E-state index contributed by atoms with van der Waals surface area (Å²) in [6.07, 6.45) is 0. The molecule has 0 aliphatic heterocycles. The molecule has 3 rings (SSSR count). The molecular weight excluding hydrogens is 306 g/mol. The van der Waals surface area contributed by atoms with Crippen LogP contribution in [0.1, 0.15) is 28.6 Å². The van der Waals surface area contributed by atoms with Crippen LogP contribution in [0, 0.1) is 6.92 Å². The summed E-state index contributed by atoms with van der Waals surface area (Å²) in [5.74, 6) is 0.574. The summed E-state index contributed by atoms with van der Waals surface area (Å²) in [4.78, 5) is 12.5. The van der Waals surface area contributed by atoms with Crippen LogP contribution >= 0.6 is 0 Å². The van der Waals surface area contributed by atoms with E-state index in [0.717, 1.165) is 10.9 Å². The zero-order chi connectivity index (χ0) is 17.1. The highest BCUT2D eigenvalue weighted by Crippen LogP contribution is 2.27. The van der Waals surface area contributed by atoms with Gasteiger partial charge in [-0.2, -0.15) is 0 Å². The predicted octanol–water partition coefficient (Wildman–Crippen LogP) is 3.88. The van der Waals surface area contributed by atoms with Crippen molar-refractivity contribution in [3.63, 3.8) is 0 Å². The number of fused-ring (bicyclic) bond motifs is 1. The molecule has 0 bridgehead atoms. The molecule has 3 aromatic rings. The van der Waals surface area contributed by atoms with Crippen LogP contribution in [0.3, 0.4) is 0 Å². The quantitative estimate of drug-likeness (QED) is 0.746. The first-order valence-electron chi connectivity index (χ1n) is 7.80. The molecule has 2 N–H and O–H groups in total. The first-order chi connectivity index (χ1) is 11.6. The normalized spacial score (nSPS) is 10.8. The highest BCUT2D eigenvalue weighted by Gasteiger charge is 2.18. The van der Waals surface area contributed by atoms with Gasteiger partial charge in [0.05, 0.1) is 13.2 Å². The molecule has 0 radical (unpaired) electrons. The highest BCUT2D eigenvalue weighted by atomic mass is 16.5. The molecule has 0 saturated carbocycles. The first kappa shape index (κ1) is 16.1. The Labute approximate surface area is 139 Å². The van der Waals surface area contributed by atoms with Crippen molar-refractivity contribution >= 4 is 22.6 Å². The zero-order valence-corrected chi connectivity index (χ0v) is 13.6. The van der Waals surface area contributed by atoms with Crippen LogP contribution in [0.5, 0.6) is 5.75 Å². The summed E-state index contributed by atoms with van der Waals surface area (Å²) in [7, 11) is 0. The Hall–Kier alpha value is -2.79. The Morgan fingerprint density at radius 1 is 1.25 bits per heavy atom. The van der Waals surface area contributed by atoms with Crippen LogP contribution < -0.4 is 10.1 Å². The number of amides is 1. The second kappa shape index (κ2) is 6.76. The number of nitrogens with one attached hydrogen (secondary N) is 1. The van der Waals surface area contributed by atoms with Crippen molar-refractivity contribution in [3.05, 3.63) is 59.4 Å². The lowest BCUT2D eigenvalue weighted by Gasteiger charge is -2.11. The van der Waals surface area contributed by atoms with E-state index in [2.05, 4.69) is 5.32 Å². The average Bonchev–Trinajstić information content (AvgIpc) is 2.94. The molecule has 124 valence electrons. The molecule has 0 aliphatic carbocycles. The fraction of sp³-hybridized carbons (Fsp3) is 0.211. The molecule has 1 aromatic heterocycles. The van der Waals surface area contributed by atoms with Crippen LogP contribution in [0.2, 0.25) is 0 Å². The van der Waals surface area contributed by atoms with Gasteiger partial charge in [0.15, 0.2) is 5.76 Å². The second-order valence-corrected chi connectivity index (χ2v) is 5.42. The summed E-state index contributed by atoms with van der Waals surface area (Å²) >= 11 is 0. The van der Waals surface area contributed by atoms with E-state index in [0.29, 0.717) is 29.2 Å². The molecule has 1 amide bonds. The molecule has 0 fully saturated rings. The standard InChI is InChI=1S/C19H19NO4/c1-3-23-16-9-8-14(10-13(16)11-21)20-19(22)18-12(2)15-6-4-5-7-17(15)24-18/h4-10,21H,3,11H2,1-2H3,(H,20,22). The van der Waals surface area contributed by atoms with Crippen LogP contribution in [0.15, 0.2) is 46.9 Å². The summed E-state index contributed by atoms with van der Waals surface area (Å²) in [6.45, 7) is 4.08. The molecule has 0 aliphatic rings. The number of hydrogen-bond acceptors (Lipinski definition) is 4. The smallest absolute Gasteiger partial charge is 0.291 e. The number of hydrogen-bond donors (Lipinski definition) is 2. The topological polar surface area (TPSA) is 71.7 Å².